The maximum absolute atomic E-state index is 9.87. The summed E-state index contributed by atoms with van der Waals surface area (Å²) in [6.07, 6.45) is 1.19. The second-order valence-corrected chi connectivity index (χ2v) is 6.49. The lowest BCUT2D eigenvalue weighted by Crippen LogP contribution is -2.26. The predicted molar refractivity (Wildman–Crippen MR) is 95.8 cm³/mol. The lowest BCUT2D eigenvalue weighted by Gasteiger charge is -2.24. The van der Waals surface area contributed by atoms with Gasteiger partial charge in [-0.25, -0.2) is 0 Å². The van der Waals surface area contributed by atoms with Gasteiger partial charge >= 0.3 is 0 Å². The topological polar surface area (TPSA) is 88.4 Å². The highest BCUT2D eigenvalue weighted by molar-refractivity contribution is 5.44. The summed E-state index contributed by atoms with van der Waals surface area (Å²) in [5.41, 5.74) is 1.96. The summed E-state index contributed by atoms with van der Waals surface area (Å²) >= 11 is 0. The van der Waals surface area contributed by atoms with E-state index in [1.807, 2.05) is 18.2 Å². The molecule has 2 aromatic carbocycles. The molecule has 0 saturated heterocycles. The number of benzene rings is 2. The smallest absolute Gasteiger partial charge is 0.231 e. The number of phenolic OH excluding ortho intramolecular Hbond substituents is 1. The van der Waals surface area contributed by atoms with Crippen LogP contribution in [-0.4, -0.2) is 42.4 Å². The average molecular weight is 360 g/mol. The highest BCUT2D eigenvalue weighted by atomic mass is 16.7. The van der Waals surface area contributed by atoms with Crippen molar-refractivity contribution in [2.75, 3.05) is 27.1 Å². The molecule has 3 rings (SSSR count). The SMILES string of the molecule is COc1cc(CC(CO)C(CO)Cc2ccc3c(c2)OCO3)ccc1O. The molecule has 2 aromatic rings. The van der Waals surface area contributed by atoms with E-state index in [-0.39, 0.29) is 37.6 Å². The van der Waals surface area contributed by atoms with Crippen molar-refractivity contribution in [3.05, 3.63) is 47.5 Å². The Morgan fingerprint density at radius 2 is 1.54 bits per heavy atom. The molecule has 26 heavy (non-hydrogen) atoms. The number of ether oxygens (including phenoxy) is 3. The van der Waals surface area contributed by atoms with Gasteiger partial charge in [-0.15, -0.1) is 0 Å². The first-order chi connectivity index (χ1) is 12.6. The van der Waals surface area contributed by atoms with Crippen LogP contribution in [0.2, 0.25) is 0 Å². The first-order valence-corrected chi connectivity index (χ1v) is 8.60. The molecule has 0 fully saturated rings. The van der Waals surface area contributed by atoms with Gasteiger partial charge in [0.1, 0.15) is 0 Å². The van der Waals surface area contributed by atoms with Gasteiger partial charge in [0.25, 0.3) is 0 Å². The maximum Gasteiger partial charge on any atom is 0.231 e. The minimum Gasteiger partial charge on any atom is -0.504 e. The van der Waals surface area contributed by atoms with Crippen molar-refractivity contribution in [3.8, 4) is 23.0 Å². The van der Waals surface area contributed by atoms with Gasteiger partial charge in [-0.1, -0.05) is 12.1 Å². The summed E-state index contributed by atoms with van der Waals surface area (Å²) in [7, 11) is 1.50. The Labute approximate surface area is 152 Å². The maximum atomic E-state index is 9.87. The van der Waals surface area contributed by atoms with Crippen molar-refractivity contribution in [1.82, 2.24) is 0 Å². The highest BCUT2D eigenvalue weighted by Gasteiger charge is 2.23. The summed E-state index contributed by atoms with van der Waals surface area (Å²) in [6, 6.07) is 10.9. The van der Waals surface area contributed by atoms with E-state index in [2.05, 4.69) is 0 Å². The van der Waals surface area contributed by atoms with Crippen LogP contribution in [0.5, 0.6) is 23.0 Å². The van der Waals surface area contributed by atoms with Crippen molar-refractivity contribution in [3.63, 3.8) is 0 Å². The van der Waals surface area contributed by atoms with Crippen LogP contribution in [0.1, 0.15) is 11.1 Å². The van der Waals surface area contributed by atoms with E-state index in [4.69, 9.17) is 14.2 Å². The van der Waals surface area contributed by atoms with E-state index < -0.39 is 0 Å². The Bertz CT molecular complexity index is 726. The van der Waals surface area contributed by atoms with Crippen LogP contribution in [0.4, 0.5) is 0 Å². The first-order valence-electron chi connectivity index (χ1n) is 8.60. The van der Waals surface area contributed by atoms with E-state index in [1.165, 1.54) is 7.11 Å². The zero-order valence-electron chi connectivity index (χ0n) is 14.7. The molecular formula is C20H24O6. The number of methoxy groups -OCH3 is 1. The molecule has 6 heteroatoms. The van der Waals surface area contributed by atoms with Crippen LogP contribution >= 0.6 is 0 Å². The molecule has 0 bridgehead atoms. The van der Waals surface area contributed by atoms with Crippen molar-refractivity contribution < 1.29 is 29.5 Å². The number of phenols is 1. The van der Waals surface area contributed by atoms with Crippen LogP contribution in [0, 0.1) is 11.8 Å². The Morgan fingerprint density at radius 1 is 0.923 bits per heavy atom. The monoisotopic (exact) mass is 360 g/mol. The zero-order valence-corrected chi connectivity index (χ0v) is 14.7. The molecule has 1 aliphatic rings. The molecular weight excluding hydrogens is 336 g/mol. The third-order valence-electron chi connectivity index (χ3n) is 4.81. The summed E-state index contributed by atoms with van der Waals surface area (Å²) < 4.78 is 15.9. The molecule has 0 radical (unpaired) electrons. The van der Waals surface area contributed by atoms with Crippen molar-refractivity contribution in [2.45, 2.75) is 12.8 Å². The molecule has 0 spiro atoms. The molecule has 2 unspecified atom stereocenters. The van der Waals surface area contributed by atoms with Gasteiger partial charge in [0.15, 0.2) is 23.0 Å². The van der Waals surface area contributed by atoms with Crippen LogP contribution in [-0.2, 0) is 12.8 Å². The van der Waals surface area contributed by atoms with Crippen molar-refractivity contribution >= 4 is 0 Å². The molecule has 1 heterocycles. The molecule has 1 aliphatic heterocycles. The van der Waals surface area contributed by atoms with Crippen molar-refractivity contribution in [1.29, 1.82) is 0 Å². The Kier molecular flexibility index (Phi) is 5.85. The summed E-state index contributed by atoms with van der Waals surface area (Å²) in [6.45, 7) is 0.151. The molecule has 0 aliphatic carbocycles. The standard InChI is InChI=1S/C20H24O6/c1-24-19-8-13(2-4-17(19)23)6-15(10-21)16(11-22)7-14-3-5-18-20(9-14)26-12-25-18/h2-5,8-9,15-16,21-23H,6-7,10-12H2,1H3. The molecule has 0 saturated carbocycles. The third kappa shape index (κ3) is 4.03. The van der Waals surface area contributed by atoms with Gasteiger partial charge in [-0.05, 0) is 60.1 Å². The molecule has 0 amide bonds. The minimum absolute atomic E-state index is 0.0329. The molecule has 6 nitrogen and oxygen atoms in total. The van der Waals surface area contributed by atoms with Crippen LogP contribution < -0.4 is 14.2 Å². The number of aliphatic hydroxyl groups excluding tert-OH is 2. The highest BCUT2D eigenvalue weighted by Crippen LogP contribution is 2.34. The van der Waals surface area contributed by atoms with E-state index in [0.29, 0.717) is 24.3 Å². The zero-order chi connectivity index (χ0) is 18.5. The summed E-state index contributed by atoms with van der Waals surface area (Å²) in [4.78, 5) is 0. The minimum atomic E-state index is -0.125. The number of fused-ring (bicyclic) bond motifs is 1. The fourth-order valence-electron chi connectivity index (χ4n) is 3.28. The second kappa shape index (κ2) is 8.29. The molecule has 2 atom stereocenters. The van der Waals surface area contributed by atoms with E-state index >= 15 is 0 Å². The Balaban J connectivity index is 1.72. The van der Waals surface area contributed by atoms with Gasteiger partial charge in [0, 0.05) is 13.2 Å². The lowest BCUT2D eigenvalue weighted by molar-refractivity contribution is 0.119. The number of hydrogen-bond acceptors (Lipinski definition) is 6. The Morgan fingerprint density at radius 3 is 2.19 bits per heavy atom. The second-order valence-electron chi connectivity index (χ2n) is 6.49. The van der Waals surface area contributed by atoms with E-state index in [9.17, 15) is 15.3 Å². The van der Waals surface area contributed by atoms with Crippen molar-refractivity contribution in [2.24, 2.45) is 11.8 Å². The van der Waals surface area contributed by atoms with Gasteiger partial charge in [-0.3, -0.25) is 0 Å². The quantitative estimate of drug-likeness (QED) is 0.668. The molecule has 140 valence electrons. The fourth-order valence-corrected chi connectivity index (χ4v) is 3.28. The number of aliphatic hydroxyl groups is 2. The van der Waals surface area contributed by atoms with E-state index in [0.717, 1.165) is 16.9 Å². The van der Waals surface area contributed by atoms with Crippen LogP contribution in [0.15, 0.2) is 36.4 Å². The normalized spacial score (nSPS) is 14.9. The van der Waals surface area contributed by atoms with E-state index in [1.54, 1.807) is 18.2 Å². The summed E-state index contributed by atoms with van der Waals surface area (Å²) in [5.74, 6) is 1.68. The van der Waals surface area contributed by atoms with Gasteiger partial charge < -0.3 is 29.5 Å². The molecule has 0 aromatic heterocycles. The number of hydrogen-bond donors (Lipinski definition) is 3. The predicted octanol–water partition coefficient (Wildman–Crippen LogP) is 2.13. The first kappa shape index (κ1) is 18.4. The van der Waals surface area contributed by atoms with Gasteiger partial charge in [0.05, 0.1) is 7.11 Å². The van der Waals surface area contributed by atoms with Gasteiger partial charge in [0.2, 0.25) is 6.79 Å². The molecule has 3 N–H and O–H groups in total. The average Bonchev–Trinajstić information content (AvgIpc) is 3.13. The lowest BCUT2D eigenvalue weighted by atomic mass is 9.83. The summed E-state index contributed by atoms with van der Waals surface area (Å²) in [5, 5.41) is 29.5. The number of rotatable bonds is 8. The van der Waals surface area contributed by atoms with Crippen LogP contribution in [0.3, 0.4) is 0 Å². The van der Waals surface area contributed by atoms with Crippen LogP contribution in [0.25, 0.3) is 0 Å². The fraction of sp³-hybridized carbons (Fsp3) is 0.400. The number of aromatic hydroxyl groups is 1. The third-order valence-corrected chi connectivity index (χ3v) is 4.81. The largest absolute Gasteiger partial charge is 0.504 e. The Hall–Kier alpha value is -2.44. The van der Waals surface area contributed by atoms with Gasteiger partial charge in [-0.2, -0.15) is 0 Å².